The number of amides is 7. The Morgan fingerprint density at radius 3 is 0.857 bits per heavy atom. The number of urea groups is 1. The van der Waals surface area contributed by atoms with E-state index in [9.17, 15) is 28.8 Å². The molecule has 18 N–H and O–H groups in total. The van der Waals surface area contributed by atoms with Crippen molar-refractivity contribution in [1.29, 1.82) is 0 Å². The third-order valence-electron chi connectivity index (χ3n) is 4.68. The Morgan fingerprint density at radius 2 is 0.829 bits per heavy atom. The molecule has 7 amide bonds. The van der Waals surface area contributed by atoms with Gasteiger partial charge in [0, 0.05) is 67.8 Å². The third-order valence-corrected chi connectivity index (χ3v) is 4.68. The van der Waals surface area contributed by atoms with Gasteiger partial charge in [-0.25, -0.2) is 4.79 Å². The van der Waals surface area contributed by atoms with Gasteiger partial charge in [0.15, 0.2) is 0 Å². The van der Waals surface area contributed by atoms with Crippen LogP contribution in [-0.2, 0) is 24.0 Å². The molecule has 20 heteroatoms. The van der Waals surface area contributed by atoms with Crippen LogP contribution in [0.15, 0.2) is 0 Å². The van der Waals surface area contributed by atoms with E-state index in [1.807, 2.05) is 104 Å². The van der Waals surface area contributed by atoms with Gasteiger partial charge in [-0.2, -0.15) is 0 Å². The minimum absolute atomic E-state index is 0.00926. The first-order valence-electron chi connectivity index (χ1n) is 24.7. The number of aliphatic hydroxyl groups excluding tert-OH is 3. The van der Waals surface area contributed by atoms with Crippen molar-refractivity contribution in [1.82, 2.24) is 37.2 Å². The zero-order chi connectivity index (χ0) is 59.3. The molecule has 0 saturated carbocycles. The Kier molecular flexibility index (Phi) is 105. The molecule has 0 aromatic carbocycles. The molecule has 0 aromatic rings. The minimum Gasteiger partial charge on any atom is -0.396 e. The average Bonchev–Trinajstić information content (AvgIpc) is 3.14. The fraction of sp³-hybridized carbons (Fsp3) is 0.880. The summed E-state index contributed by atoms with van der Waals surface area (Å²) in [6.45, 7) is 53.4. The van der Waals surface area contributed by atoms with Crippen LogP contribution in [0.25, 0.3) is 0 Å². The summed E-state index contributed by atoms with van der Waals surface area (Å²) in [6.07, 6.45) is 0.532. The van der Waals surface area contributed by atoms with Gasteiger partial charge in [0.25, 0.3) is 0 Å². The second kappa shape index (κ2) is 76.8. The topological polar surface area (TPSA) is 351 Å². The third kappa shape index (κ3) is 280. The first kappa shape index (κ1) is 95.9. The summed E-state index contributed by atoms with van der Waals surface area (Å²) in [5.41, 5.74) is 19.7. The molecule has 0 radical (unpaired) electrons. The number of rotatable bonds is 13. The summed E-state index contributed by atoms with van der Waals surface area (Å²) in [4.78, 5) is 60.1. The fourth-order valence-corrected chi connectivity index (χ4v) is 1.98. The predicted octanol–water partition coefficient (Wildman–Crippen LogP) is 4.49. The lowest BCUT2D eigenvalue weighted by molar-refractivity contribution is -0.124. The van der Waals surface area contributed by atoms with Crippen molar-refractivity contribution in [2.45, 2.75) is 241 Å². The second-order valence-electron chi connectivity index (χ2n) is 19.1. The molecule has 0 heterocycles. The van der Waals surface area contributed by atoms with E-state index in [0.29, 0.717) is 37.1 Å². The van der Waals surface area contributed by atoms with Gasteiger partial charge in [0.05, 0.1) is 6.54 Å². The highest BCUT2D eigenvalue weighted by atomic mass is 16.3. The lowest BCUT2D eigenvalue weighted by Crippen LogP contribution is -2.35. The molecule has 0 rings (SSSR count). The zero-order valence-electron chi connectivity index (χ0n) is 50.4. The van der Waals surface area contributed by atoms with Gasteiger partial charge in [-0.05, 0) is 115 Å². The van der Waals surface area contributed by atoms with Crippen LogP contribution in [0.3, 0.4) is 0 Å². The monoisotopic (exact) mass is 1020 g/mol. The summed E-state index contributed by atoms with van der Waals surface area (Å²) in [5, 5.41) is 43.4. The lowest BCUT2D eigenvalue weighted by Gasteiger charge is -2.04. The van der Waals surface area contributed by atoms with E-state index in [0.717, 1.165) is 12.5 Å². The van der Waals surface area contributed by atoms with Gasteiger partial charge < -0.3 is 75.5 Å². The van der Waals surface area contributed by atoms with Crippen molar-refractivity contribution >= 4 is 36.1 Å². The van der Waals surface area contributed by atoms with Crippen LogP contribution in [0.4, 0.5) is 4.79 Å². The number of carbonyl (C=O) groups excluding carboxylic acids is 6. The number of hydrogen-bond donors (Lipinski definition) is 14. The maximum atomic E-state index is 10.4. The van der Waals surface area contributed by atoms with E-state index < -0.39 is 12.6 Å². The number of nitrogens with one attached hydrogen (secondary N) is 7. The van der Waals surface area contributed by atoms with E-state index in [1.165, 1.54) is 6.92 Å². The Morgan fingerprint density at radius 1 is 0.557 bits per heavy atom. The molecule has 0 fully saturated rings. The van der Waals surface area contributed by atoms with Crippen LogP contribution in [-0.4, -0.2) is 139 Å². The molecule has 0 aromatic heterocycles. The van der Waals surface area contributed by atoms with Crippen LogP contribution >= 0.6 is 0 Å². The summed E-state index contributed by atoms with van der Waals surface area (Å²) in [6, 6.07) is 2.18. The molecule has 0 aliphatic carbocycles. The Bertz CT molecular complexity index is 973. The van der Waals surface area contributed by atoms with Crippen molar-refractivity contribution < 1.29 is 44.1 Å². The van der Waals surface area contributed by atoms with Crippen LogP contribution in [0, 0.1) is 17.8 Å². The maximum Gasteiger partial charge on any atom is 0.312 e. The van der Waals surface area contributed by atoms with E-state index in [2.05, 4.69) is 92.6 Å². The lowest BCUT2D eigenvalue weighted by atomic mass is 10.2. The normalized spacial score (nSPS) is 9.27. The van der Waals surface area contributed by atoms with Crippen LogP contribution in [0.2, 0.25) is 0 Å². The smallest absolute Gasteiger partial charge is 0.312 e. The Labute approximate surface area is 431 Å². The molecule has 0 spiro atoms. The van der Waals surface area contributed by atoms with Gasteiger partial charge >= 0.3 is 6.03 Å². The van der Waals surface area contributed by atoms with E-state index in [1.54, 1.807) is 27.7 Å². The molecule has 0 unspecified atom stereocenters. The van der Waals surface area contributed by atoms with Gasteiger partial charge in [-0.3, -0.25) is 24.0 Å². The molecule has 0 saturated heterocycles. The average molecular weight is 1020 g/mol. The number of nitrogens with two attached hydrogens (primary N) is 4. The van der Waals surface area contributed by atoms with E-state index in [4.69, 9.17) is 38.3 Å². The highest BCUT2D eigenvalue weighted by Gasteiger charge is 1.98. The highest BCUT2D eigenvalue weighted by Crippen LogP contribution is 1.85. The zero-order valence-corrected chi connectivity index (χ0v) is 50.4. The first-order chi connectivity index (χ1) is 31.5. The van der Waals surface area contributed by atoms with Crippen LogP contribution in [0.5, 0.6) is 0 Å². The van der Waals surface area contributed by atoms with Crippen LogP contribution < -0.4 is 60.2 Å². The van der Waals surface area contributed by atoms with Crippen molar-refractivity contribution in [2.75, 3.05) is 33.4 Å². The Hall–Kier alpha value is -3.66. The summed E-state index contributed by atoms with van der Waals surface area (Å²) >= 11 is 0. The first-order valence-corrected chi connectivity index (χ1v) is 24.7. The molecule has 20 nitrogen and oxygen atoms in total. The van der Waals surface area contributed by atoms with Crippen molar-refractivity contribution in [3.05, 3.63) is 0 Å². The van der Waals surface area contributed by atoms with Gasteiger partial charge in [-0.1, -0.05) is 96.9 Å². The van der Waals surface area contributed by atoms with Gasteiger partial charge in [0.1, 0.15) is 6.61 Å². The minimum atomic E-state index is -0.463. The molecule has 70 heavy (non-hydrogen) atoms. The summed E-state index contributed by atoms with van der Waals surface area (Å²) in [5.74, 6) is 0.644. The standard InChI is InChI=1S/C5H12N2O.C5H11NO2.C5H11NO.C5H13N.C4H10N2O.2C4H9NO.C4H11N.C4H10O.C4H10.C3H9N.C3H8O/c1-4(2)7-5(8)3-6;1-4(2)6-5(8)3-7;1-4(2)6-5(3)7;1-4-6-5(2)3;1-3(2)6-4(5)7;1-4(2)5-3-6;1-3(2)4(5)6;1-4(2)5-3;1-4(2)3-5;1-4(2)3;2*1-3(2)4/h4H,3,6H2,1-2H3,(H,7,8);4,7H,3H2,1-2H3,(H,6,8);4H,1-3H3,(H,6,7);5-6H,4H2,1-3H3;3H,1-2H3,(H3,5,6,7);3-4H,1-2H3,(H,5,6);3H,1-2H3,(H2,5,6);4-5H,1-3H3;4-5H,3H2,1-2H3;4H,1-3H3;3H,4H2,1-2H3;3-4H,1-2H3. The number of hydrogen-bond acceptors (Lipinski definition) is 13. The maximum absolute atomic E-state index is 10.4. The highest BCUT2D eigenvalue weighted by molar-refractivity contribution is 5.78. The van der Waals surface area contributed by atoms with Crippen molar-refractivity contribution in [3.8, 4) is 0 Å². The molecular formula is C50H123N11O9. The van der Waals surface area contributed by atoms with Crippen molar-refractivity contribution in [3.63, 3.8) is 0 Å². The van der Waals surface area contributed by atoms with E-state index in [-0.39, 0.29) is 72.4 Å². The molecule has 0 bridgehead atoms. The second-order valence-corrected chi connectivity index (χ2v) is 19.1. The van der Waals surface area contributed by atoms with Gasteiger partial charge in [-0.15, -0.1) is 0 Å². The van der Waals surface area contributed by atoms with Crippen molar-refractivity contribution in [2.24, 2.45) is 40.7 Å². The quantitative estimate of drug-likeness (QED) is 0.113. The van der Waals surface area contributed by atoms with E-state index >= 15 is 0 Å². The fourth-order valence-electron chi connectivity index (χ4n) is 1.98. The van der Waals surface area contributed by atoms with Gasteiger partial charge in [0.2, 0.25) is 30.0 Å². The Balaban J connectivity index is -0.0000000528. The van der Waals surface area contributed by atoms with Crippen LogP contribution in [0.1, 0.15) is 187 Å². The number of aliphatic hydroxyl groups is 3. The molecule has 0 aliphatic rings. The molecule has 0 atom stereocenters. The summed E-state index contributed by atoms with van der Waals surface area (Å²) < 4.78 is 0. The predicted molar refractivity (Wildman–Crippen MR) is 300 cm³/mol. The number of primary amides is 2. The number of carbonyl (C=O) groups is 6. The SMILES string of the molecule is CC(=O)NC(C)C.CC(C)C.CC(C)C(N)=O.CC(C)CO.CC(C)N.CC(C)NC(=O)CN.CC(C)NC(=O)CO.CC(C)NC(N)=O.CC(C)NC=O.CC(C)O.CCNC(C)C.CNC(C)C. The summed E-state index contributed by atoms with van der Waals surface area (Å²) in [7, 11) is 1.95. The largest absolute Gasteiger partial charge is 0.396 e. The molecule has 0 aliphatic heterocycles. The molecular weight excluding hydrogens is 899 g/mol. The molecule has 432 valence electrons.